The fourth-order valence-corrected chi connectivity index (χ4v) is 2.64. The molecular weight excluding hydrogens is 325 g/mol. The van der Waals surface area contributed by atoms with E-state index in [1.165, 1.54) is 4.90 Å². The average Bonchev–Trinajstić information content (AvgIpc) is 2.82. The number of aliphatic hydroxyl groups excluding tert-OH is 1. The number of aryl methyl sites for hydroxylation is 1. The molecule has 0 saturated carbocycles. The van der Waals surface area contributed by atoms with Gasteiger partial charge < -0.3 is 14.4 Å². The van der Waals surface area contributed by atoms with Crippen molar-refractivity contribution in [3.63, 3.8) is 0 Å². The number of hydrogen-bond acceptors (Lipinski definition) is 3. The van der Waals surface area contributed by atoms with Gasteiger partial charge in [0.15, 0.2) is 0 Å². The summed E-state index contributed by atoms with van der Waals surface area (Å²) in [5.41, 5.74) is 0.521. The number of aliphatic hydroxyl groups is 1. The summed E-state index contributed by atoms with van der Waals surface area (Å²) in [6, 6.07) is 8.44. The summed E-state index contributed by atoms with van der Waals surface area (Å²) in [7, 11) is 1.66. The van der Waals surface area contributed by atoms with Crippen LogP contribution in [0.3, 0.4) is 0 Å². The van der Waals surface area contributed by atoms with E-state index in [0.717, 1.165) is 5.76 Å². The number of nitrogens with zero attached hydrogens (tertiary/aromatic N) is 1. The molecule has 2 rings (SSSR count). The fraction of sp³-hybridized carbons (Fsp3) is 0.312. The van der Waals surface area contributed by atoms with E-state index in [9.17, 15) is 9.90 Å². The Bertz CT molecular complexity index is 649. The number of benzene rings is 1. The first kappa shape index (κ1) is 16.9. The number of halogens is 2. The van der Waals surface area contributed by atoms with Crippen LogP contribution in [0.4, 0.5) is 0 Å². The number of amides is 1. The predicted molar refractivity (Wildman–Crippen MR) is 86.0 cm³/mol. The van der Waals surface area contributed by atoms with Gasteiger partial charge in [0.05, 0.1) is 19.1 Å². The molecule has 0 saturated heterocycles. The first-order valence-electron chi connectivity index (χ1n) is 6.78. The molecule has 1 N–H and O–H groups in total. The summed E-state index contributed by atoms with van der Waals surface area (Å²) in [4.78, 5) is 13.7. The van der Waals surface area contributed by atoms with E-state index in [1.807, 2.05) is 19.1 Å². The Balaban J connectivity index is 1.98. The van der Waals surface area contributed by atoms with Crippen LogP contribution in [-0.4, -0.2) is 23.0 Å². The van der Waals surface area contributed by atoms with Crippen LogP contribution in [0.15, 0.2) is 34.7 Å². The lowest BCUT2D eigenvalue weighted by molar-refractivity contribution is -0.132. The van der Waals surface area contributed by atoms with Gasteiger partial charge in [-0.3, -0.25) is 4.79 Å². The molecule has 4 nitrogen and oxygen atoms in total. The van der Waals surface area contributed by atoms with Crippen molar-refractivity contribution >= 4 is 29.1 Å². The molecule has 2 aromatic rings. The molecule has 0 fully saturated rings. The molecule has 6 heteroatoms. The third-order valence-corrected chi connectivity index (χ3v) is 3.69. The van der Waals surface area contributed by atoms with Gasteiger partial charge in [0, 0.05) is 17.1 Å². The Morgan fingerprint density at radius 3 is 2.45 bits per heavy atom. The maximum Gasteiger partial charge on any atom is 0.225 e. The smallest absolute Gasteiger partial charge is 0.225 e. The Morgan fingerprint density at radius 2 is 1.91 bits per heavy atom. The molecule has 1 unspecified atom stereocenters. The van der Waals surface area contributed by atoms with Gasteiger partial charge >= 0.3 is 0 Å². The normalized spacial score (nSPS) is 12.2. The van der Waals surface area contributed by atoms with Crippen LogP contribution in [0.2, 0.25) is 10.0 Å². The van der Waals surface area contributed by atoms with Crippen LogP contribution in [-0.2, 0) is 11.3 Å². The van der Waals surface area contributed by atoms with Gasteiger partial charge in [-0.1, -0.05) is 23.2 Å². The van der Waals surface area contributed by atoms with Gasteiger partial charge in [0.1, 0.15) is 11.5 Å². The molecule has 118 valence electrons. The van der Waals surface area contributed by atoms with Crippen LogP contribution < -0.4 is 0 Å². The lowest BCUT2D eigenvalue weighted by Crippen LogP contribution is -2.27. The standard InChI is InChI=1S/C16H17Cl2NO3/c1-10-3-4-14(22-10)9-19(2)16(21)8-15(20)11-5-12(17)7-13(18)6-11/h3-7,15,20H,8-9H2,1-2H3. The fourth-order valence-electron chi connectivity index (χ4n) is 2.10. The quantitative estimate of drug-likeness (QED) is 0.894. The second-order valence-corrected chi connectivity index (χ2v) is 6.06. The SMILES string of the molecule is Cc1ccc(CN(C)C(=O)CC(O)c2cc(Cl)cc(Cl)c2)o1. The minimum atomic E-state index is -0.954. The molecule has 1 aromatic heterocycles. The van der Waals surface area contributed by atoms with Crippen LogP contribution in [0.25, 0.3) is 0 Å². The van der Waals surface area contributed by atoms with E-state index in [-0.39, 0.29) is 12.3 Å². The summed E-state index contributed by atoms with van der Waals surface area (Å²) in [5, 5.41) is 11.0. The molecule has 1 aromatic carbocycles. The second kappa shape index (κ2) is 7.18. The largest absolute Gasteiger partial charge is 0.464 e. The van der Waals surface area contributed by atoms with Crippen LogP contribution in [0, 0.1) is 6.92 Å². The number of rotatable bonds is 5. The molecule has 0 aliphatic carbocycles. The molecule has 22 heavy (non-hydrogen) atoms. The number of carbonyl (C=O) groups excluding carboxylic acids is 1. The summed E-state index contributed by atoms with van der Waals surface area (Å²) < 4.78 is 5.43. The third-order valence-electron chi connectivity index (χ3n) is 3.25. The Labute approximate surface area is 139 Å². The van der Waals surface area contributed by atoms with Gasteiger partial charge in [0.2, 0.25) is 5.91 Å². The second-order valence-electron chi connectivity index (χ2n) is 5.18. The van der Waals surface area contributed by atoms with E-state index >= 15 is 0 Å². The van der Waals surface area contributed by atoms with Gasteiger partial charge in [-0.15, -0.1) is 0 Å². The van der Waals surface area contributed by atoms with E-state index in [1.54, 1.807) is 25.2 Å². The highest BCUT2D eigenvalue weighted by Crippen LogP contribution is 2.25. The molecule has 0 aliphatic heterocycles. The topological polar surface area (TPSA) is 53.7 Å². The lowest BCUT2D eigenvalue weighted by atomic mass is 10.1. The van der Waals surface area contributed by atoms with E-state index in [0.29, 0.717) is 27.9 Å². The van der Waals surface area contributed by atoms with Crippen molar-refractivity contribution in [2.45, 2.75) is 26.0 Å². The van der Waals surface area contributed by atoms with Crippen molar-refractivity contribution in [1.29, 1.82) is 0 Å². The molecule has 1 heterocycles. The highest BCUT2D eigenvalue weighted by Gasteiger charge is 2.18. The number of carbonyl (C=O) groups is 1. The summed E-state index contributed by atoms with van der Waals surface area (Å²) >= 11 is 11.8. The van der Waals surface area contributed by atoms with Gasteiger partial charge in [0.25, 0.3) is 0 Å². The van der Waals surface area contributed by atoms with Crippen molar-refractivity contribution in [1.82, 2.24) is 4.90 Å². The molecule has 0 aliphatic rings. The van der Waals surface area contributed by atoms with Crippen molar-refractivity contribution < 1.29 is 14.3 Å². The van der Waals surface area contributed by atoms with Gasteiger partial charge in [-0.05, 0) is 42.8 Å². The minimum absolute atomic E-state index is 0.0487. The maximum atomic E-state index is 12.2. The molecule has 1 atom stereocenters. The summed E-state index contributed by atoms with van der Waals surface area (Å²) in [6.45, 7) is 2.20. The van der Waals surface area contributed by atoms with Crippen molar-refractivity contribution in [3.05, 3.63) is 57.5 Å². The Kier molecular flexibility index (Phi) is 5.51. The lowest BCUT2D eigenvalue weighted by Gasteiger charge is -2.18. The zero-order valence-electron chi connectivity index (χ0n) is 12.3. The number of hydrogen-bond donors (Lipinski definition) is 1. The molecule has 0 radical (unpaired) electrons. The average molecular weight is 342 g/mol. The number of furan rings is 1. The van der Waals surface area contributed by atoms with Crippen molar-refractivity contribution in [3.8, 4) is 0 Å². The summed E-state index contributed by atoms with van der Waals surface area (Å²) in [5.74, 6) is 1.30. The molecular formula is C16H17Cl2NO3. The Hall–Kier alpha value is -1.49. The summed E-state index contributed by atoms with van der Waals surface area (Å²) in [6.07, 6.45) is -1.00. The van der Waals surface area contributed by atoms with E-state index in [2.05, 4.69) is 0 Å². The van der Waals surface area contributed by atoms with Crippen molar-refractivity contribution in [2.24, 2.45) is 0 Å². The highest BCUT2D eigenvalue weighted by molar-refractivity contribution is 6.34. The first-order valence-corrected chi connectivity index (χ1v) is 7.54. The van der Waals surface area contributed by atoms with Gasteiger partial charge in [-0.25, -0.2) is 0 Å². The zero-order chi connectivity index (χ0) is 16.3. The molecule has 0 bridgehead atoms. The van der Waals surface area contributed by atoms with E-state index < -0.39 is 6.10 Å². The first-order chi connectivity index (χ1) is 10.3. The molecule has 1 amide bonds. The van der Waals surface area contributed by atoms with E-state index in [4.69, 9.17) is 27.6 Å². The Morgan fingerprint density at radius 1 is 1.27 bits per heavy atom. The monoisotopic (exact) mass is 341 g/mol. The van der Waals surface area contributed by atoms with Gasteiger partial charge in [-0.2, -0.15) is 0 Å². The zero-order valence-corrected chi connectivity index (χ0v) is 13.9. The maximum absolute atomic E-state index is 12.2. The molecule has 0 spiro atoms. The van der Waals surface area contributed by atoms with Crippen LogP contribution >= 0.6 is 23.2 Å². The highest BCUT2D eigenvalue weighted by atomic mass is 35.5. The minimum Gasteiger partial charge on any atom is -0.464 e. The van der Waals surface area contributed by atoms with Crippen LogP contribution in [0.1, 0.15) is 29.6 Å². The predicted octanol–water partition coefficient (Wildman–Crippen LogP) is 3.98. The third kappa shape index (κ3) is 4.50. The van der Waals surface area contributed by atoms with Crippen molar-refractivity contribution in [2.75, 3.05) is 7.05 Å². The van der Waals surface area contributed by atoms with Crippen LogP contribution in [0.5, 0.6) is 0 Å².